The fraction of sp³-hybridized carbons (Fsp3) is 0.667. The lowest BCUT2D eigenvalue weighted by Gasteiger charge is -2.26. The maximum absolute atomic E-state index is 5.73. The third-order valence-corrected chi connectivity index (χ3v) is 4.62. The molecule has 0 radical (unpaired) electrons. The molecule has 1 aromatic rings. The normalized spacial score (nSPS) is 18.1. The number of nitrogens with one attached hydrogen (secondary N) is 2. The molecule has 0 amide bonds. The highest BCUT2D eigenvalue weighted by Crippen LogP contribution is 2.20. The van der Waals surface area contributed by atoms with Gasteiger partial charge in [0.2, 0.25) is 0 Å². The quantitative estimate of drug-likeness (QED) is 0.382. The summed E-state index contributed by atoms with van der Waals surface area (Å²) in [5, 5.41) is 6.82. The highest BCUT2D eigenvalue weighted by molar-refractivity contribution is 5.79. The Labute approximate surface area is 158 Å². The third kappa shape index (κ3) is 8.19. The van der Waals surface area contributed by atoms with Gasteiger partial charge in [0.05, 0.1) is 13.2 Å². The van der Waals surface area contributed by atoms with Crippen molar-refractivity contribution in [2.75, 3.05) is 46.6 Å². The van der Waals surface area contributed by atoms with Gasteiger partial charge in [0.25, 0.3) is 0 Å². The van der Waals surface area contributed by atoms with Gasteiger partial charge in [-0.2, -0.15) is 0 Å². The number of rotatable bonds is 10. The molecule has 1 aliphatic heterocycles. The van der Waals surface area contributed by atoms with Gasteiger partial charge < -0.3 is 20.1 Å². The third-order valence-electron chi connectivity index (χ3n) is 4.62. The van der Waals surface area contributed by atoms with E-state index in [9.17, 15) is 0 Å². The van der Waals surface area contributed by atoms with Gasteiger partial charge in [-0.25, -0.2) is 0 Å². The Balaban J connectivity index is 1.57. The second-order valence-corrected chi connectivity index (χ2v) is 7.84. The summed E-state index contributed by atoms with van der Waals surface area (Å²) in [7, 11) is 1.82. The fourth-order valence-corrected chi connectivity index (χ4v) is 3.10. The van der Waals surface area contributed by atoms with E-state index in [1.165, 1.54) is 5.56 Å². The Morgan fingerprint density at radius 2 is 2.08 bits per heavy atom. The lowest BCUT2D eigenvalue weighted by Crippen LogP contribution is -2.43. The lowest BCUT2D eigenvalue weighted by molar-refractivity contribution is 0.0888. The lowest BCUT2D eigenvalue weighted by atomic mass is 9.86. The van der Waals surface area contributed by atoms with Crippen LogP contribution in [0, 0.1) is 11.3 Å². The van der Waals surface area contributed by atoms with Gasteiger partial charge in [-0.3, -0.25) is 4.99 Å². The largest absolute Gasteiger partial charge is 0.381 e. The molecule has 5 heteroatoms. The van der Waals surface area contributed by atoms with Crippen molar-refractivity contribution in [1.82, 2.24) is 10.6 Å². The second-order valence-electron chi connectivity index (χ2n) is 7.84. The van der Waals surface area contributed by atoms with E-state index >= 15 is 0 Å². The maximum Gasteiger partial charge on any atom is 0.190 e. The van der Waals surface area contributed by atoms with Crippen molar-refractivity contribution < 1.29 is 9.47 Å². The summed E-state index contributed by atoms with van der Waals surface area (Å²) < 4.78 is 11.1. The molecule has 2 N–H and O–H groups in total. The van der Waals surface area contributed by atoms with Crippen LogP contribution in [0.25, 0.3) is 0 Å². The molecule has 5 nitrogen and oxygen atoms in total. The first-order chi connectivity index (χ1) is 12.6. The number of aliphatic imine (C=N–C) groups is 1. The molecule has 0 saturated carbocycles. The summed E-state index contributed by atoms with van der Waals surface area (Å²) in [6, 6.07) is 10.6. The molecule has 1 aromatic carbocycles. The van der Waals surface area contributed by atoms with Gasteiger partial charge >= 0.3 is 0 Å². The number of benzene rings is 1. The smallest absolute Gasteiger partial charge is 0.190 e. The van der Waals surface area contributed by atoms with Gasteiger partial charge in [0, 0.05) is 39.3 Å². The molecule has 1 aliphatic rings. The molecule has 0 aromatic heterocycles. The SMILES string of the molecule is CN=C(NCCCOCC1CCOC1)NCC(C)(C)Cc1ccccc1. The summed E-state index contributed by atoms with van der Waals surface area (Å²) in [5.41, 5.74) is 1.53. The minimum absolute atomic E-state index is 0.158. The van der Waals surface area contributed by atoms with E-state index in [1.807, 2.05) is 7.05 Å². The number of guanidine groups is 1. The van der Waals surface area contributed by atoms with Gasteiger partial charge in [0.1, 0.15) is 0 Å². The molecule has 1 fully saturated rings. The fourth-order valence-electron chi connectivity index (χ4n) is 3.10. The van der Waals surface area contributed by atoms with Crippen LogP contribution in [0.4, 0.5) is 0 Å². The first kappa shape index (κ1) is 20.7. The summed E-state index contributed by atoms with van der Waals surface area (Å²) in [5.74, 6) is 1.44. The molecule has 2 rings (SSSR count). The van der Waals surface area contributed by atoms with E-state index in [4.69, 9.17) is 9.47 Å². The Hall–Kier alpha value is -1.59. The van der Waals surface area contributed by atoms with E-state index < -0.39 is 0 Å². The zero-order valence-electron chi connectivity index (χ0n) is 16.6. The first-order valence-corrected chi connectivity index (χ1v) is 9.73. The van der Waals surface area contributed by atoms with Gasteiger partial charge in [-0.05, 0) is 30.2 Å². The Kier molecular flexibility index (Phi) is 8.92. The molecule has 1 unspecified atom stereocenters. The molecule has 0 aliphatic carbocycles. The summed E-state index contributed by atoms with van der Waals surface area (Å²) in [6.45, 7) is 9.63. The number of nitrogens with zero attached hydrogens (tertiary/aromatic N) is 1. The van der Waals surface area contributed by atoms with Crippen molar-refractivity contribution in [3.63, 3.8) is 0 Å². The minimum atomic E-state index is 0.158. The molecular weight excluding hydrogens is 326 g/mol. The molecule has 1 saturated heterocycles. The van der Waals surface area contributed by atoms with Crippen molar-refractivity contribution in [3.8, 4) is 0 Å². The highest BCUT2D eigenvalue weighted by Gasteiger charge is 2.19. The summed E-state index contributed by atoms with van der Waals surface area (Å²) in [4.78, 5) is 4.32. The topological polar surface area (TPSA) is 54.9 Å². The van der Waals surface area contributed by atoms with Crippen molar-refractivity contribution in [2.45, 2.75) is 33.1 Å². The van der Waals surface area contributed by atoms with Crippen LogP contribution in [-0.4, -0.2) is 52.5 Å². The molecule has 26 heavy (non-hydrogen) atoms. The first-order valence-electron chi connectivity index (χ1n) is 9.73. The van der Waals surface area contributed by atoms with Crippen LogP contribution < -0.4 is 10.6 Å². The number of ether oxygens (including phenoxy) is 2. The molecule has 0 bridgehead atoms. The number of hydrogen-bond donors (Lipinski definition) is 2. The minimum Gasteiger partial charge on any atom is -0.381 e. The van der Waals surface area contributed by atoms with Crippen LogP contribution in [0.5, 0.6) is 0 Å². The van der Waals surface area contributed by atoms with Gasteiger partial charge in [-0.15, -0.1) is 0 Å². The molecule has 1 heterocycles. The zero-order valence-corrected chi connectivity index (χ0v) is 16.6. The van der Waals surface area contributed by atoms with Crippen LogP contribution in [-0.2, 0) is 15.9 Å². The number of hydrogen-bond acceptors (Lipinski definition) is 3. The summed E-state index contributed by atoms with van der Waals surface area (Å²) in [6.07, 6.45) is 3.14. The van der Waals surface area contributed by atoms with E-state index in [-0.39, 0.29) is 5.41 Å². The molecular formula is C21H35N3O2. The monoisotopic (exact) mass is 361 g/mol. The predicted octanol–water partition coefficient (Wildman–Crippen LogP) is 2.86. The van der Waals surface area contributed by atoms with E-state index in [0.29, 0.717) is 5.92 Å². The van der Waals surface area contributed by atoms with Crippen LogP contribution in [0.2, 0.25) is 0 Å². The maximum atomic E-state index is 5.73. The average Bonchev–Trinajstić information content (AvgIpc) is 3.14. The van der Waals surface area contributed by atoms with Crippen molar-refractivity contribution >= 4 is 5.96 Å². The van der Waals surface area contributed by atoms with Crippen molar-refractivity contribution in [3.05, 3.63) is 35.9 Å². The molecule has 146 valence electrons. The second kappa shape index (κ2) is 11.2. The Bertz CT molecular complexity index is 525. The van der Waals surface area contributed by atoms with Crippen LogP contribution in [0.15, 0.2) is 35.3 Å². The van der Waals surface area contributed by atoms with Crippen LogP contribution in [0.1, 0.15) is 32.3 Å². The van der Waals surface area contributed by atoms with Crippen LogP contribution in [0.3, 0.4) is 0 Å². The molecule has 1 atom stereocenters. The summed E-state index contributed by atoms with van der Waals surface area (Å²) >= 11 is 0. The zero-order chi connectivity index (χ0) is 18.7. The Morgan fingerprint density at radius 1 is 1.27 bits per heavy atom. The van der Waals surface area contributed by atoms with Crippen molar-refractivity contribution in [2.24, 2.45) is 16.3 Å². The van der Waals surface area contributed by atoms with Crippen molar-refractivity contribution in [1.29, 1.82) is 0 Å². The van der Waals surface area contributed by atoms with Gasteiger partial charge in [-0.1, -0.05) is 44.2 Å². The average molecular weight is 362 g/mol. The van der Waals surface area contributed by atoms with Gasteiger partial charge in [0.15, 0.2) is 5.96 Å². The predicted molar refractivity (Wildman–Crippen MR) is 108 cm³/mol. The molecule has 0 spiro atoms. The highest BCUT2D eigenvalue weighted by atomic mass is 16.5. The van der Waals surface area contributed by atoms with Crippen LogP contribution >= 0.6 is 0 Å². The standard InChI is InChI=1S/C21H35N3O2/c1-21(2,14-18-8-5-4-6-9-18)17-24-20(22-3)23-11-7-12-25-15-19-10-13-26-16-19/h4-6,8-9,19H,7,10-17H2,1-3H3,(H2,22,23,24). The van der Waals surface area contributed by atoms with E-state index in [2.05, 4.69) is 59.8 Å². The van der Waals surface area contributed by atoms with E-state index in [0.717, 1.165) is 64.7 Å². The Morgan fingerprint density at radius 3 is 2.77 bits per heavy atom. The van der Waals surface area contributed by atoms with E-state index in [1.54, 1.807) is 0 Å².